The summed E-state index contributed by atoms with van der Waals surface area (Å²) in [6, 6.07) is 16.8. The van der Waals surface area contributed by atoms with E-state index in [9.17, 15) is 4.79 Å². The van der Waals surface area contributed by atoms with Gasteiger partial charge < -0.3 is 9.88 Å². The SMILES string of the molecule is N=C(NC(=O)c1ccccc1)N(CCCSc1ccc(Cl)cc1)CCCc1cnc[nH]1. The van der Waals surface area contributed by atoms with Crippen LogP contribution < -0.4 is 5.32 Å². The molecule has 0 aliphatic carbocycles. The van der Waals surface area contributed by atoms with E-state index in [1.54, 1.807) is 30.2 Å². The number of H-pyrrole nitrogens is 1. The molecule has 3 rings (SSSR count). The van der Waals surface area contributed by atoms with Crippen LogP contribution in [-0.2, 0) is 6.42 Å². The Kier molecular flexibility index (Phi) is 8.99. The van der Waals surface area contributed by atoms with Crippen LogP contribution >= 0.6 is 23.4 Å². The van der Waals surface area contributed by atoms with Gasteiger partial charge >= 0.3 is 0 Å². The van der Waals surface area contributed by atoms with Crippen molar-refractivity contribution in [3.8, 4) is 0 Å². The van der Waals surface area contributed by atoms with E-state index in [0.717, 1.165) is 35.7 Å². The van der Waals surface area contributed by atoms with Gasteiger partial charge in [0.05, 0.1) is 6.33 Å². The molecule has 1 heterocycles. The number of carbonyl (C=O) groups is 1. The first-order valence-electron chi connectivity index (χ1n) is 10.2. The smallest absolute Gasteiger partial charge is 0.257 e. The van der Waals surface area contributed by atoms with Gasteiger partial charge in [0.2, 0.25) is 0 Å². The molecule has 0 saturated carbocycles. The Bertz CT molecular complexity index is 948. The third-order valence-electron chi connectivity index (χ3n) is 4.67. The van der Waals surface area contributed by atoms with E-state index in [1.807, 2.05) is 53.6 Å². The Balaban J connectivity index is 1.51. The number of nitrogens with one attached hydrogen (secondary N) is 3. The first-order chi connectivity index (χ1) is 15.1. The summed E-state index contributed by atoms with van der Waals surface area (Å²) in [6.07, 6.45) is 6.08. The van der Waals surface area contributed by atoms with Gasteiger partial charge in [-0.15, -0.1) is 11.8 Å². The summed E-state index contributed by atoms with van der Waals surface area (Å²) in [5, 5.41) is 11.9. The maximum atomic E-state index is 12.5. The highest BCUT2D eigenvalue weighted by atomic mass is 35.5. The lowest BCUT2D eigenvalue weighted by Crippen LogP contribution is -2.44. The fraction of sp³-hybridized carbons (Fsp3) is 0.261. The first-order valence-corrected chi connectivity index (χ1v) is 11.5. The number of nitrogens with zero attached hydrogens (tertiary/aromatic N) is 2. The molecule has 0 atom stereocenters. The number of aromatic amines is 1. The third kappa shape index (κ3) is 7.77. The van der Waals surface area contributed by atoms with Gasteiger partial charge in [-0.3, -0.25) is 15.5 Å². The van der Waals surface area contributed by atoms with Crippen molar-refractivity contribution < 1.29 is 4.79 Å². The molecule has 162 valence electrons. The van der Waals surface area contributed by atoms with E-state index in [4.69, 9.17) is 17.0 Å². The van der Waals surface area contributed by atoms with Crippen molar-refractivity contribution in [2.75, 3.05) is 18.8 Å². The molecule has 3 N–H and O–H groups in total. The number of amides is 1. The molecule has 0 radical (unpaired) electrons. The van der Waals surface area contributed by atoms with Crippen LogP contribution in [0.15, 0.2) is 72.0 Å². The number of thioether (sulfide) groups is 1. The van der Waals surface area contributed by atoms with Gasteiger partial charge in [0.15, 0.2) is 5.96 Å². The lowest BCUT2D eigenvalue weighted by atomic mass is 10.2. The van der Waals surface area contributed by atoms with E-state index >= 15 is 0 Å². The summed E-state index contributed by atoms with van der Waals surface area (Å²) in [4.78, 5) is 22.7. The summed E-state index contributed by atoms with van der Waals surface area (Å²) in [7, 11) is 0. The average molecular weight is 456 g/mol. The number of hydrogen-bond donors (Lipinski definition) is 3. The average Bonchev–Trinajstić information content (AvgIpc) is 3.30. The zero-order valence-corrected chi connectivity index (χ0v) is 18.8. The molecule has 0 aliphatic heterocycles. The lowest BCUT2D eigenvalue weighted by Gasteiger charge is -2.25. The zero-order valence-electron chi connectivity index (χ0n) is 17.2. The van der Waals surface area contributed by atoms with Crippen LogP contribution in [0, 0.1) is 5.41 Å². The maximum absolute atomic E-state index is 12.5. The third-order valence-corrected chi connectivity index (χ3v) is 6.02. The highest BCUT2D eigenvalue weighted by Crippen LogP contribution is 2.21. The normalized spacial score (nSPS) is 10.6. The maximum Gasteiger partial charge on any atom is 0.257 e. The van der Waals surface area contributed by atoms with Crippen LogP contribution in [-0.4, -0.2) is 45.6 Å². The summed E-state index contributed by atoms with van der Waals surface area (Å²) >= 11 is 7.70. The number of imidazole rings is 1. The van der Waals surface area contributed by atoms with Crippen molar-refractivity contribution in [3.05, 3.63) is 83.4 Å². The van der Waals surface area contributed by atoms with Crippen molar-refractivity contribution in [1.29, 1.82) is 5.41 Å². The Labute approximate surface area is 191 Å². The van der Waals surface area contributed by atoms with Crippen LogP contribution in [0.4, 0.5) is 0 Å². The largest absolute Gasteiger partial charge is 0.348 e. The van der Waals surface area contributed by atoms with E-state index in [1.165, 1.54) is 4.90 Å². The van der Waals surface area contributed by atoms with Crippen molar-refractivity contribution in [2.24, 2.45) is 0 Å². The molecular weight excluding hydrogens is 430 g/mol. The molecule has 0 spiro atoms. The van der Waals surface area contributed by atoms with Crippen molar-refractivity contribution in [2.45, 2.75) is 24.2 Å². The first kappa shape index (κ1) is 22.9. The van der Waals surface area contributed by atoms with Crippen LogP contribution in [0.3, 0.4) is 0 Å². The van der Waals surface area contributed by atoms with Gasteiger partial charge in [-0.25, -0.2) is 4.98 Å². The van der Waals surface area contributed by atoms with Crippen LogP contribution in [0.5, 0.6) is 0 Å². The lowest BCUT2D eigenvalue weighted by molar-refractivity contribution is 0.0971. The fourth-order valence-corrected chi connectivity index (χ4v) is 4.01. The van der Waals surface area contributed by atoms with Gasteiger partial charge in [-0.05, 0) is 61.4 Å². The van der Waals surface area contributed by atoms with Gasteiger partial charge in [0, 0.05) is 40.5 Å². The highest BCUT2D eigenvalue weighted by molar-refractivity contribution is 7.99. The second kappa shape index (κ2) is 12.2. The minimum Gasteiger partial charge on any atom is -0.348 e. The standard InChI is InChI=1S/C23H26ClN5OS/c24-19-9-11-21(12-10-19)31-15-5-14-29(13-4-8-20-16-26-17-27-20)23(25)28-22(30)18-6-2-1-3-7-18/h1-3,6-7,9-12,16-17H,4-5,8,13-15H2,(H,26,27)(H2,25,28,30). The molecule has 0 unspecified atom stereocenters. The van der Waals surface area contributed by atoms with Gasteiger partial charge in [-0.1, -0.05) is 29.8 Å². The number of rotatable bonds is 10. The molecule has 3 aromatic rings. The molecule has 0 fully saturated rings. The Morgan fingerprint density at radius 1 is 1.10 bits per heavy atom. The zero-order chi connectivity index (χ0) is 21.9. The monoisotopic (exact) mass is 455 g/mol. The van der Waals surface area contributed by atoms with Crippen molar-refractivity contribution in [1.82, 2.24) is 20.2 Å². The molecule has 0 aliphatic rings. The molecule has 0 bridgehead atoms. The summed E-state index contributed by atoms with van der Waals surface area (Å²) in [5.74, 6) is 0.785. The molecule has 8 heteroatoms. The number of benzene rings is 2. The molecule has 6 nitrogen and oxygen atoms in total. The van der Waals surface area contributed by atoms with E-state index in [0.29, 0.717) is 18.7 Å². The summed E-state index contributed by atoms with van der Waals surface area (Å²) in [6.45, 7) is 1.37. The second-order valence-electron chi connectivity index (χ2n) is 6.99. The van der Waals surface area contributed by atoms with Gasteiger partial charge in [-0.2, -0.15) is 0 Å². The molecular formula is C23H26ClN5OS. The predicted molar refractivity (Wildman–Crippen MR) is 127 cm³/mol. The summed E-state index contributed by atoms with van der Waals surface area (Å²) in [5.41, 5.74) is 1.61. The number of carbonyl (C=O) groups excluding carboxylic acids is 1. The number of guanidine groups is 1. The Morgan fingerprint density at radius 3 is 2.55 bits per heavy atom. The minimum absolute atomic E-state index is 0.134. The topological polar surface area (TPSA) is 84.9 Å². The van der Waals surface area contributed by atoms with Crippen molar-refractivity contribution >= 4 is 35.2 Å². The number of halogens is 1. The Hall–Kier alpha value is -2.77. The van der Waals surface area contributed by atoms with E-state index in [2.05, 4.69) is 15.3 Å². The number of hydrogen-bond acceptors (Lipinski definition) is 4. The summed E-state index contributed by atoms with van der Waals surface area (Å²) < 4.78 is 0. The number of aromatic nitrogens is 2. The minimum atomic E-state index is -0.264. The quantitative estimate of drug-likeness (QED) is 0.177. The van der Waals surface area contributed by atoms with Crippen LogP contribution in [0.2, 0.25) is 5.02 Å². The second-order valence-corrected chi connectivity index (χ2v) is 8.60. The molecule has 1 aromatic heterocycles. The molecule has 0 saturated heterocycles. The number of aryl methyl sites for hydroxylation is 1. The predicted octanol–water partition coefficient (Wildman–Crippen LogP) is 4.84. The molecule has 1 amide bonds. The van der Waals surface area contributed by atoms with E-state index < -0.39 is 0 Å². The molecule has 31 heavy (non-hydrogen) atoms. The van der Waals surface area contributed by atoms with Crippen LogP contribution in [0.1, 0.15) is 28.9 Å². The van der Waals surface area contributed by atoms with Crippen molar-refractivity contribution in [3.63, 3.8) is 0 Å². The fourth-order valence-electron chi connectivity index (χ4n) is 3.04. The Morgan fingerprint density at radius 2 is 1.84 bits per heavy atom. The van der Waals surface area contributed by atoms with Gasteiger partial charge in [0.25, 0.3) is 5.91 Å². The highest BCUT2D eigenvalue weighted by Gasteiger charge is 2.14. The van der Waals surface area contributed by atoms with E-state index in [-0.39, 0.29) is 11.9 Å². The molecule has 2 aromatic carbocycles. The van der Waals surface area contributed by atoms with Gasteiger partial charge in [0.1, 0.15) is 0 Å². The van der Waals surface area contributed by atoms with Crippen LogP contribution in [0.25, 0.3) is 0 Å².